The fraction of sp³-hybridized carbons (Fsp3) is 0. The Kier molecular flexibility index (Phi) is 5.87. The zero-order valence-electron chi connectivity index (χ0n) is 25.9. The van der Waals surface area contributed by atoms with Gasteiger partial charge in [-0.3, -0.25) is 0 Å². The predicted molar refractivity (Wildman–Crippen MR) is 213 cm³/mol. The molecule has 0 amide bonds. The van der Waals surface area contributed by atoms with Crippen LogP contribution in [0.4, 0.5) is 17.1 Å². The molecule has 4 aromatic heterocycles. The van der Waals surface area contributed by atoms with E-state index < -0.39 is 0 Å². The molecule has 0 radical (unpaired) electrons. The number of nitrogens with zero attached hydrogens (tertiary/aromatic N) is 2. The number of oxazole rings is 1. The molecule has 0 aliphatic carbocycles. The molecule has 0 aliphatic heterocycles. The van der Waals surface area contributed by atoms with Crippen molar-refractivity contribution in [2.75, 3.05) is 4.90 Å². The Morgan fingerprint density at radius 3 is 1.63 bits per heavy atom. The average Bonchev–Trinajstić information content (AvgIpc) is 3.93. The van der Waals surface area contributed by atoms with Crippen LogP contribution >= 0.6 is 34.0 Å². The van der Waals surface area contributed by atoms with Gasteiger partial charge in [0.15, 0.2) is 5.58 Å². The molecule has 0 unspecified atom stereocenters. The topological polar surface area (TPSA) is 29.3 Å². The van der Waals surface area contributed by atoms with Gasteiger partial charge in [0.25, 0.3) is 0 Å². The number of hydrogen-bond acceptors (Lipinski definition) is 6. The summed E-state index contributed by atoms with van der Waals surface area (Å²) in [6.45, 7) is 0. The van der Waals surface area contributed by atoms with Crippen molar-refractivity contribution in [1.29, 1.82) is 0 Å². The second kappa shape index (κ2) is 10.5. The number of thiophene rings is 3. The van der Waals surface area contributed by atoms with Crippen molar-refractivity contribution >= 4 is 123 Å². The minimum Gasteiger partial charge on any atom is -0.436 e. The van der Waals surface area contributed by atoms with Gasteiger partial charge in [-0.2, -0.15) is 0 Å². The Morgan fingerprint density at radius 1 is 0.469 bits per heavy atom. The fourth-order valence-corrected chi connectivity index (χ4v) is 10.8. The molecule has 0 aliphatic rings. The summed E-state index contributed by atoms with van der Waals surface area (Å²) in [5.41, 5.74) is 5.95. The molecule has 0 bridgehead atoms. The van der Waals surface area contributed by atoms with Gasteiger partial charge < -0.3 is 9.32 Å². The number of benzene rings is 7. The van der Waals surface area contributed by atoms with Crippen LogP contribution in [0, 0.1) is 0 Å². The maximum absolute atomic E-state index is 6.63. The Morgan fingerprint density at radius 2 is 1.00 bits per heavy atom. The van der Waals surface area contributed by atoms with E-state index in [0.717, 1.165) is 39.1 Å². The van der Waals surface area contributed by atoms with E-state index in [1.54, 1.807) is 0 Å². The lowest BCUT2D eigenvalue weighted by Gasteiger charge is -2.26. The van der Waals surface area contributed by atoms with Crippen molar-refractivity contribution in [2.45, 2.75) is 0 Å². The summed E-state index contributed by atoms with van der Waals surface area (Å²) in [6.07, 6.45) is 0. The van der Waals surface area contributed by atoms with Crippen LogP contribution in [0.5, 0.6) is 0 Å². The summed E-state index contributed by atoms with van der Waals surface area (Å²) in [5.74, 6) is 0.634. The molecule has 6 heteroatoms. The van der Waals surface area contributed by atoms with Crippen LogP contribution < -0.4 is 4.90 Å². The first-order valence-electron chi connectivity index (χ1n) is 16.2. The third-order valence-electron chi connectivity index (χ3n) is 9.49. The number of fused-ring (bicyclic) bond motifs is 11. The van der Waals surface area contributed by atoms with Crippen molar-refractivity contribution < 1.29 is 4.42 Å². The summed E-state index contributed by atoms with van der Waals surface area (Å²) in [7, 11) is 0. The lowest BCUT2D eigenvalue weighted by molar-refractivity contribution is 0.620. The smallest absolute Gasteiger partial charge is 0.227 e. The van der Waals surface area contributed by atoms with E-state index in [1.165, 1.54) is 55.1 Å². The molecule has 0 fully saturated rings. The molecule has 0 spiro atoms. The molecule has 0 saturated heterocycles. The van der Waals surface area contributed by atoms with Crippen LogP contribution in [-0.4, -0.2) is 4.98 Å². The van der Waals surface area contributed by atoms with Crippen LogP contribution in [0.2, 0.25) is 0 Å². The molecule has 7 aromatic carbocycles. The summed E-state index contributed by atoms with van der Waals surface area (Å²) >= 11 is 5.52. The van der Waals surface area contributed by atoms with Crippen molar-refractivity contribution in [1.82, 2.24) is 4.98 Å². The van der Waals surface area contributed by atoms with Crippen LogP contribution in [0.15, 0.2) is 150 Å². The normalized spacial score (nSPS) is 12.1. The molecule has 49 heavy (non-hydrogen) atoms. The van der Waals surface area contributed by atoms with Gasteiger partial charge >= 0.3 is 0 Å². The molecular weight excluding hydrogens is 657 g/mol. The van der Waals surface area contributed by atoms with Gasteiger partial charge in [0.05, 0.1) is 10.4 Å². The van der Waals surface area contributed by atoms with Crippen molar-refractivity contribution in [3.05, 3.63) is 146 Å². The number of hydrogen-bond donors (Lipinski definition) is 0. The highest BCUT2D eigenvalue weighted by molar-refractivity contribution is 7.27. The van der Waals surface area contributed by atoms with E-state index in [9.17, 15) is 0 Å². The number of anilines is 3. The Bertz CT molecular complexity index is 2960. The van der Waals surface area contributed by atoms with Crippen molar-refractivity contribution in [3.8, 4) is 11.5 Å². The fourth-order valence-electron chi connectivity index (χ4n) is 7.26. The van der Waals surface area contributed by atoms with E-state index in [4.69, 9.17) is 9.40 Å². The first-order chi connectivity index (χ1) is 24.3. The molecule has 4 heterocycles. The molecule has 11 aromatic rings. The highest BCUT2D eigenvalue weighted by Crippen LogP contribution is 2.50. The van der Waals surface area contributed by atoms with Gasteiger partial charge in [-0.05, 0) is 54.6 Å². The van der Waals surface area contributed by atoms with Crippen molar-refractivity contribution in [2.24, 2.45) is 0 Å². The molecule has 11 rings (SSSR count). The molecule has 0 saturated carbocycles. The summed E-state index contributed by atoms with van der Waals surface area (Å²) < 4.78 is 14.2. The average molecular weight is 681 g/mol. The van der Waals surface area contributed by atoms with Gasteiger partial charge in [0.1, 0.15) is 5.52 Å². The summed E-state index contributed by atoms with van der Waals surface area (Å²) in [4.78, 5) is 7.56. The quantitative estimate of drug-likeness (QED) is 0.185. The zero-order chi connectivity index (χ0) is 32.1. The van der Waals surface area contributed by atoms with Crippen LogP contribution in [0.1, 0.15) is 0 Å². The highest BCUT2D eigenvalue weighted by Gasteiger charge is 2.24. The van der Waals surface area contributed by atoms with E-state index in [-0.39, 0.29) is 0 Å². The molecule has 3 nitrogen and oxygen atoms in total. The largest absolute Gasteiger partial charge is 0.436 e. The Hall–Kier alpha value is -5.53. The third kappa shape index (κ3) is 4.15. The van der Waals surface area contributed by atoms with E-state index in [0.29, 0.717) is 5.89 Å². The van der Waals surface area contributed by atoms with Crippen molar-refractivity contribution in [3.63, 3.8) is 0 Å². The van der Waals surface area contributed by atoms with Gasteiger partial charge in [0, 0.05) is 78.8 Å². The summed E-state index contributed by atoms with van der Waals surface area (Å²) in [5, 5.41) is 7.51. The van der Waals surface area contributed by atoms with Crippen LogP contribution in [-0.2, 0) is 0 Å². The Balaban J connectivity index is 1.23. The monoisotopic (exact) mass is 680 g/mol. The molecular formula is C43H24N2OS3. The summed E-state index contributed by atoms with van der Waals surface area (Å²) in [6, 6.07) is 52.3. The zero-order valence-corrected chi connectivity index (χ0v) is 28.3. The third-order valence-corrected chi connectivity index (χ3v) is 12.9. The second-order valence-electron chi connectivity index (χ2n) is 12.3. The maximum atomic E-state index is 6.63. The van der Waals surface area contributed by atoms with Gasteiger partial charge in [0.2, 0.25) is 5.89 Å². The maximum Gasteiger partial charge on any atom is 0.227 e. The Labute approximate surface area is 292 Å². The standard InChI is InChI=1S/C43H24N2OS3/c1-2-10-25(11-3-1)43-44-41-34(46-43)24-33(42-40(41)32-14-6-9-17-37(32)49-42)45(26-18-20-30-28-12-4-7-15-35(28)47-38(30)22-26)27-19-21-31-29-13-5-8-16-36(29)48-39(31)23-27/h1-24H. The number of rotatable bonds is 4. The van der Waals surface area contributed by atoms with Gasteiger partial charge in [-0.15, -0.1) is 34.0 Å². The highest BCUT2D eigenvalue weighted by atomic mass is 32.1. The lowest BCUT2D eigenvalue weighted by atomic mass is 10.1. The molecule has 230 valence electrons. The molecule has 0 N–H and O–H groups in total. The van der Waals surface area contributed by atoms with Gasteiger partial charge in [-0.1, -0.05) is 84.9 Å². The molecule has 0 atom stereocenters. The first kappa shape index (κ1) is 27.4. The first-order valence-corrected chi connectivity index (χ1v) is 18.6. The predicted octanol–water partition coefficient (Wildman–Crippen LogP) is 14.1. The lowest BCUT2D eigenvalue weighted by Crippen LogP contribution is -2.10. The van der Waals surface area contributed by atoms with E-state index in [1.807, 2.05) is 52.2 Å². The van der Waals surface area contributed by atoms with Crippen LogP contribution in [0.25, 0.3) is 83.1 Å². The number of aromatic nitrogens is 1. The minimum absolute atomic E-state index is 0.634. The second-order valence-corrected chi connectivity index (χ2v) is 15.5. The minimum atomic E-state index is 0.634. The van der Waals surface area contributed by atoms with E-state index >= 15 is 0 Å². The van der Waals surface area contributed by atoms with E-state index in [2.05, 4.69) is 132 Å². The SMILES string of the molecule is c1ccc(-c2nc3c(cc(N(c4ccc5c(c4)sc4ccccc45)c4ccc5c(c4)sc4ccccc45)c4sc5ccccc5c43)o2)cc1. The van der Waals surface area contributed by atoms with Crippen LogP contribution in [0.3, 0.4) is 0 Å². The van der Waals surface area contributed by atoms with Gasteiger partial charge in [-0.25, -0.2) is 4.98 Å².